The number of esters is 2. The fraction of sp³-hybridized carbons (Fsp3) is 0.688. The summed E-state index contributed by atoms with van der Waals surface area (Å²) in [6.07, 6.45) is 1.11. The van der Waals surface area contributed by atoms with Crippen molar-refractivity contribution in [3.05, 3.63) is 11.9 Å². The lowest BCUT2D eigenvalue weighted by molar-refractivity contribution is -0.145. The van der Waals surface area contributed by atoms with E-state index in [0.717, 1.165) is 0 Å². The van der Waals surface area contributed by atoms with E-state index in [1.165, 1.54) is 22.9 Å². The third-order valence-electron chi connectivity index (χ3n) is 3.75. The summed E-state index contributed by atoms with van der Waals surface area (Å²) < 4.78 is 16.5. The first kappa shape index (κ1) is 19.7. The smallest absolute Gasteiger partial charge is 0.411 e. The van der Waals surface area contributed by atoms with Crippen LogP contribution in [0, 0.1) is 0 Å². The molecule has 0 N–H and O–H groups in total. The van der Waals surface area contributed by atoms with Gasteiger partial charge in [0.1, 0.15) is 11.6 Å². The number of rotatable bonds is 4. The van der Waals surface area contributed by atoms with E-state index in [-0.39, 0.29) is 31.3 Å². The monoisotopic (exact) mass is 368 g/mol. The second kappa shape index (κ2) is 7.71. The number of aromatic nitrogens is 3. The van der Waals surface area contributed by atoms with Gasteiger partial charge < -0.3 is 14.2 Å². The average Bonchev–Trinajstić information content (AvgIpc) is 3.19. The van der Waals surface area contributed by atoms with Crippen molar-refractivity contribution >= 4 is 18.0 Å². The van der Waals surface area contributed by atoms with E-state index in [1.807, 2.05) is 0 Å². The molecule has 2 heterocycles. The van der Waals surface area contributed by atoms with Gasteiger partial charge in [0.15, 0.2) is 5.69 Å². The number of hydrogen-bond acceptors (Lipinski definition) is 8. The Morgan fingerprint density at radius 3 is 2.58 bits per heavy atom. The van der Waals surface area contributed by atoms with Gasteiger partial charge >= 0.3 is 18.0 Å². The molecule has 0 spiro atoms. The number of ether oxygens (including phenoxy) is 3. The molecule has 0 radical (unpaired) electrons. The molecule has 0 unspecified atom stereocenters. The van der Waals surface area contributed by atoms with E-state index in [1.54, 1.807) is 27.7 Å². The number of carbonyl (C=O) groups is 3. The zero-order valence-electron chi connectivity index (χ0n) is 15.6. The van der Waals surface area contributed by atoms with Crippen LogP contribution in [0.1, 0.15) is 50.6 Å². The molecule has 10 nitrogen and oxygen atoms in total. The molecule has 2 rings (SSSR count). The molecular weight excluding hydrogens is 344 g/mol. The van der Waals surface area contributed by atoms with E-state index in [4.69, 9.17) is 14.2 Å². The first-order valence-electron chi connectivity index (χ1n) is 8.32. The quantitative estimate of drug-likeness (QED) is 0.575. The Morgan fingerprint density at radius 1 is 1.31 bits per heavy atom. The number of likely N-dealkylation sites (tertiary alicyclic amines) is 1. The van der Waals surface area contributed by atoms with Crippen LogP contribution < -0.4 is 0 Å². The third kappa shape index (κ3) is 4.50. The van der Waals surface area contributed by atoms with Crippen molar-refractivity contribution < 1.29 is 28.6 Å². The Bertz CT molecular complexity index is 681. The number of nitrogens with zero attached hydrogens (tertiary/aromatic N) is 4. The summed E-state index contributed by atoms with van der Waals surface area (Å²) in [7, 11) is 1.26. The molecule has 0 aliphatic carbocycles. The minimum Gasteiger partial charge on any atom is -0.467 e. The fourth-order valence-electron chi connectivity index (χ4n) is 2.64. The van der Waals surface area contributed by atoms with E-state index < -0.39 is 29.7 Å². The normalized spacial score (nSPS) is 20.0. The number of carbonyl (C=O) groups excluding carboxylic acids is 3. The van der Waals surface area contributed by atoms with Crippen molar-refractivity contribution in [2.75, 3.05) is 20.3 Å². The summed E-state index contributed by atoms with van der Waals surface area (Å²) in [5.74, 6) is -1.12. The van der Waals surface area contributed by atoms with Crippen molar-refractivity contribution in [2.24, 2.45) is 0 Å². The van der Waals surface area contributed by atoms with Crippen molar-refractivity contribution in [1.82, 2.24) is 19.9 Å². The average molecular weight is 368 g/mol. The predicted octanol–water partition coefficient (Wildman–Crippen LogP) is 1.18. The fourth-order valence-corrected chi connectivity index (χ4v) is 2.64. The van der Waals surface area contributed by atoms with Gasteiger partial charge in [-0.1, -0.05) is 5.21 Å². The Morgan fingerprint density at radius 2 is 2.00 bits per heavy atom. The highest BCUT2D eigenvalue weighted by atomic mass is 16.6. The van der Waals surface area contributed by atoms with E-state index in [0.29, 0.717) is 0 Å². The molecular formula is C16H24N4O6. The summed E-state index contributed by atoms with van der Waals surface area (Å²) in [5.41, 5.74) is -0.627. The van der Waals surface area contributed by atoms with E-state index in [9.17, 15) is 14.4 Å². The highest BCUT2D eigenvalue weighted by Gasteiger charge is 2.43. The Balaban J connectivity index is 2.18. The van der Waals surface area contributed by atoms with Crippen LogP contribution in [0.5, 0.6) is 0 Å². The van der Waals surface area contributed by atoms with E-state index >= 15 is 0 Å². The molecule has 1 fully saturated rings. The van der Waals surface area contributed by atoms with Crippen LogP contribution in [0.3, 0.4) is 0 Å². The van der Waals surface area contributed by atoms with Crippen molar-refractivity contribution in [3.8, 4) is 0 Å². The van der Waals surface area contributed by atoms with Gasteiger partial charge in [0.05, 0.1) is 26.0 Å². The molecule has 1 saturated heterocycles. The van der Waals surface area contributed by atoms with Crippen LogP contribution in [0.15, 0.2) is 6.20 Å². The number of amides is 1. The molecule has 10 heteroatoms. The van der Waals surface area contributed by atoms with Gasteiger partial charge in [-0.25, -0.2) is 19.1 Å². The van der Waals surface area contributed by atoms with Gasteiger partial charge in [-0.3, -0.25) is 4.90 Å². The lowest BCUT2D eigenvalue weighted by Gasteiger charge is -2.27. The van der Waals surface area contributed by atoms with Gasteiger partial charge in [-0.2, -0.15) is 0 Å². The molecule has 0 bridgehead atoms. The first-order valence-corrected chi connectivity index (χ1v) is 8.32. The largest absolute Gasteiger partial charge is 0.467 e. The molecule has 1 aromatic heterocycles. The van der Waals surface area contributed by atoms with Crippen molar-refractivity contribution in [1.29, 1.82) is 0 Å². The summed E-state index contributed by atoms with van der Waals surface area (Å²) in [6.45, 7) is 7.34. The lowest BCUT2D eigenvalue weighted by Crippen LogP contribution is -2.43. The van der Waals surface area contributed by atoms with Crippen LogP contribution in [0.4, 0.5) is 4.79 Å². The maximum atomic E-state index is 12.4. The highest BCUT2D eigenvalue weighted by molar-refractivity contribution is 5.86. The van der Waals surface area contributed by atoms with Gasteiger partial charge in [-0.15, -0.1) is 5.10 Å². The molecule has 0 aromatic carbocycles. The first-order chi connectivity index (χ1) is 12.2. The van der Waals surface area contributed by atoms with Gasteiger partial charge in [0, 0.05) is 13.0 Å². The maximum Gasteiger partial charge on any atom is 0.411 e. The van der Waals surface area contributed by atoms with Gasteiger partial charge in [0.25, 0.3) is 0 Å². The summed E-state index contributed by atoms with van der Waals surface area (Å²) in [6, 6.07) is -1.14. The molecule has 1 amide bonds. The van der Waals surface area contributed by atoms with Crippen molar-refractivity contribution in [3.63, 3.8) is 0 Å². The molecule has 26 heavy (non-hydrogen) atoms. The zero-order chi connectivity index (χ0) is 19.5. The third-order valence-corrected chi connectivity index (χ3v) is 3.75. The highest BCUT2D eigenvalue weighted by Crippen LogP contribution is 2.29. The van der Waals surface area contributed by atoms with Crippen LogP contribution >= 0.6 is 0 Å². The molecule has 1 aliphatic rings. The Kier molecular flexibility index (Phi) is 5.83. The van der Waals surface area contributed by atoms with Crippen molar-refractivity contribution in [2.45, 2.75) is 51.8 Å². The molecule has 0 saturated carbocycles. The maximum absolute atomic E-state index is 12.4. The minimum atomic E-state index is -0.796. The number of methoxy groups -OCH3 is 1. The second-order valence-corrected chi connectivity index (χ2v) is 6.87. The molecule has 2 atom stereocenters. The lowest BCUT2D eigenvalue weighted by atomic mass is 10.2. The minimum absolute atomic E-state index is 0.0668. The Hall–Kier alpha value is -2.65. The zero-order valence-corrected chi connectivity index (χ0v) is 15.6. The predicted molar refractivity (Wildman–Crippen MR) is 88.4 cm³/mol. The van der Waals surface area contributed by atoms with Crippen LogP contribution in [0.25, 0.3) is 0 Å². The van der Waals surface area contributed by atoms with Gasteiger partial charge in [-0.05, 0) is 27.7 Å². The van der Waals surface area contributed by atoms with Crippen LogP contribution in [0.2, 0.25) is 0 Å². The molecule has 1 aromatic rings. The topological polar surface area (TPSA) is 113 Å². The van der Waals surface area contributed by atoms with Crippen LogP contribution in [-0.4, -0.2) is 69.8 Å². The van der Waals surface area contributed by atoms with Gasteiger partial charge in [0.2, 0.25) is 0 Å². The number of hydrogen-bond donors (Lipinski definition) is 0. The standard InChI is InChI=1S/C16H24N4O6/c1-6-25-13(21)11-9-20(18-17-11)10-7-12(14(22)24-5)19(8-10)15(23)26-16(2,3)4/h9-10,12H,6-8H2,1-5H3/t10-,12-/m0/s1. The summed E-state index contributed by atoms with van der Waals surface area (Å²) in [4.78, 5) is 37.6. The second-order valence-electron chi connectivity index (χ2n) is 6.87. The molecule has 144 valence electrons. The van der Waals surface area contributed by atoms with Crippen LogP contribution in [-0.2, 0) is 19.0 Å². The Labute approximate surface area is 151 Å². The SMILES string of the molecule is CCOC(=O)c1cn([C@H]2C[C@@H](C(=O)OC)N(C(=O)OC(C)(C)C)C2)nn1. The van der Waals surface area contributed by atoms with E-state index in [2.05, 4.69) is 10.3 Å². The summed E-state index contributed by atoms with van der Waals surface area (Å²) in [5, 5.41) is 7.71. The molecule has 1 aliphatic heterocycles. The summed E-state index contributed by atoms with van der Waals surface area (Å²) >= 11 is 0.